The first-order valence-electron chi connectivity index (χ1n) is 6.98. The molecule has 1 aliphatic carbocycles. The molecule has 0 aliphatic heterocycles. The second kappa shape index (κ2) is 7.83. The molecule has 0 aromatic carbocycles. The Morgan fingerprint density at radius 3 is 2.56 bits per heavy atom. The minimum Gasteiger partial charge on any atom is -0.330 e. The van der Waals surface area contributed by atoms with Crippen LogP contribution in [0, 0.1) is 11.8 Å². The van der Waals surface area contributed by atoms with Crippen LogP contribution >= 0.6 is 0 Å². The van der Waals surface area contributed by atoms with Gasteiger partial charge in [-0.05, 0) is 37.6 Å². The van der Waals surface area contributed by atoms with Gasteiger partial charge in [-0.1, -0.05) is 32.6 Å². The molecule has 0 aromatic heterocycles. The molecule has 1 unspecified atom stereocenters. The van der Waals surface area contributed by atoms with Crippen LogP contribution in [0.5, 0.6) is 0 Å². The summed E-state index contributed by atoms with van der Waals surface area (Å²) in [7, 11) is 0. The number of carbonyl (C=O) groups is 1. The Labute approximate surface area is 100.0 Å². The van der Waals surface area contributed by atoms with E-state index >= 15 is 0 Å². The Morgan fingerprint density at radius 1 is 1.25 bits per heavy atom. The molecular weight excluding hydrogens is 198 g/mol. The number of nitrogens with two attached hydrogens (primary N) is 1. The Hall–Kier alpha value is -0.370. The summed E-state index contributed by atoms with van der Waals surface area (Å²) in [6.45, 7) is 2.97. The van der Waals surface area contributed by atoms with E-state index in [1.165, 1.54) is 25.7 Å². The van der Waals surface area contributed by atoms with Crippen molar-refractivity contribution < 1.29 is 4.79 Å². The molecule has 2 heteroatoms. The minimum absolute atomic E-state index is 0.477. The maximum atomic E-state index is 11.7. The van der Waals surface area contributed by atoms with Gasteiger partial charge in [0.25, 0.3) is 0 Å². The van der Waals surface area contributed by atoms with Gasteiger partial charge in [0.1, 0.15) is 5.78 Å². The summed E-state index contributed by atoms with van der Waals surface area (Å²) in [6, 6.07) is 0. The van der Waals surface area contributed by atoms with Crippen molar-refractivity contribution in [1.29, 1.82) is 0 Å². The summed E-state index contributed by atoms with van der Waals surface area (Å²) in [5.74, 6) is 2.05. The molecule has 2 N–H and O–H groups in total. The van der Waals surface area contributed by atoms with Crippen LogP contribution in [0.15, 0.2) is 0 Å². The molecule has 0 radical (unpaired) electrons. The molecule has 16 heavy (non-hydrogen) atoms. The monoisotopic (exact) mass is 225 g/mol. The van der Waals surface area contributed by atoms with Crippen LogP contribution in [0.3, 0.4) is 0 Å². The number of hydrogen-bond donors (Lipinski definition) is 1. The summed E-state index contributed by atoms with van der Waals surface area (Å²) >= 11 is 0. The van der Waals surface area contributed by atoms with Gasteiger partial charge in [-0.15, -0.1) is 0 Å². The second-order valence-electron chi connectivity index (χ2n) is 5.29. The molecule has 1 aliphatic rings. The zero-order chi connectivity index (χ0) is 11.8. The number of rotatable bonds is 10. The van der Waals surface area contributed by atoms with E-state index in [0.717, 1.165) is 44.6 Å². The highest BCUT2D eigenvalue weighted by Gasteiger charge is 2.21. The Kier molecular flexibility index (Phi) is 6.70. The topological polar surface area (TPSA) is 43.1 Å². The van der Waals surface area contributed by atoms with E-state index in [-0.39, 0.29) is 0 Å². The van der Waals surface area contributed by atoms with Gasteiger partial charge in [-0.25, -0.2) is 0 Å². The van der Waals surface area contributed by atoms with Gasteiger partial charge >= 0.3 is 0 Å². The first-order valence-corrected chi connectivity index (χ1v) is 6.98. The van der Waals surface area contributed by atoms with Crippen LogP contribution in [0.4, 0.5) is 0 Å². The molecule has 0 saturated heterocycles. The quantitative estimate of drug-likeness (QED) is 0.620. The SMILES string of the molecule is CCCC(CCN)CCC(=O)CCC1CC1. The lowest BCUT2D eigenvalue weighted by Crippen LogP contribution is -2.11. The van der Waals surface area contributed by atoms with Crippen molar-refractivity contribution in [1.82, 2.24) is 0 Å². The molecule has 2 nitrogen and oxygen atoms in total. The van der Waals surface area contributed by atoms with Crippen molar-refractivity contribution in [2.45, 2.75) is 64.7 Å². The van der Waals surface area contributed by atoms with Crippen LogP contribution in [-0.2, 0) is 4.79 Å². The average molecular weight is 225 g/mol. The Balaban J connectivity index is 2.06. The van der Waals surface area contributed by atoms with Gasteiger partial charge < -0.3 is 5.73 Å². The molecule has 1 fully saturated rings. The minimum atomic E-state index is 0.477. The molecule has 0 amide bonds. The largest absolute Gasteiger partial charge is 0.330 e. The fraction of sp³-hybridized carbons (Fsp3) is 0.929. The van der Waals surface area contributed by atoms with Crippen molar-refractivity contribution in [3.63, 3.8) is 0 Å². The standard InChI is InChI=1S/C14H27NO/c1-2-3-12(10-11-15)6-8-14(16)9-7-13-4-5-13/h12-13H,2-11,15H2,1H3. The van der Waals surface area contributed by atoms with E-state index in [4.69, 9.17) is 5.73 Å². The predicted molar refractivity (Wildman–Crippen MR) is 68.3 cm³/mol. The predicted octanol–water partition coefficient (Wildman–Crippen LogP) is 3.29. The van der Waals surface area contributed by atoms with Gasteiger partial charge in [0.05, 0.1) is 0 Å². The summed E-state index contributed by atoms with van der Waals surface area (Å²) < 4.78 is 0. The lowest BCUT2D eigenvalue weighted by Gasteiger charge is -2.14. The zero-order valence-corrected chi connectivity index (χ0v) is 10.7. The Morgan fingerprint density at radius 2 is 2.00 bits per heavy atom. The summed E-state index contributed by atoms with van der Waals surface area (Å²) in [5, 5.41) is 0. The van der Waals surface area contributed by atoms with Gasteiger partial charge in [0.15, 0.2) is 0 Å². The van der Waals surface area contributed by atoms with Crippen LogP contribution in [0.1, 0.15) is 64.7 Å². The molecule has 1 rings (SSSR count). The van der Waals surface area contributed by atoms with Crippen molar-refractivity contribution in [2.24, 2.45) is 17.6 Å². The molecule has 0 bridgehead atoms. The fourth-order valence-electron chi connectivity index (χ4n) is 2.34. The van der Waals surface area contributed by atoms with Gasteiger partial charge in [-0.2, -0.15) is 0 Å². The summed E-state index contributed by atoms with van der Waals surface area (Å²) in [5.41, 5.74) is 5.59. The van der Waals surface area contributed by atoms with E-state index in [9.17, 15) is 4.79 Å². The fourth-order valence-corrected chi connectivity index (χ4v) is 2.34. The van der Waals surface area contributed by atoms with Crippen molar-refractivity contribution in [2.75, 3.05) is 6.54 Å². The zero-order valence-electron chi connectivity index (χ0n) is 10.7. The normalized spacial score (nSPS) is 17.4. The molecule has 0 heterocycles. The molecule has 1 saturated carbocycles. The lowest BCUT2D eigenvalue weighted by atomic mass is 9.92. The summed E-state index contributed by atoms with van der Waals surface area (Å²) in [4.78, 5) is 11.7. The highest BCUT2D eigenvalue weighted by molar-refractivity contribution is 5.78. The first kappa shape index (κ1) is 13.7. The van der Waals surface area contributed by atoms with E-state index in [1.54, 1.807) is 0 Å². The number of hydrogen-bond acceptors (Lipinski definition) is 2. The maximum Gasteiger partial charge on any atom is 0.132 e. The number of carbonyl (C=O) groups excluding carboxylic acids is 1. The Bertz CT molecular complexity index is 193. The van der Waals surface area contributed by atoms with Gasteiger partial charge in [0, 0.05) is 12.8 Å². The van der Waals surface area contributed by atoms with Crippen molar-refractivity contribution in [3.05, 3.63) is 0 Å². The highest BCUT2D eigenvalue weighted by atomic mass is 16.1. The third kappa shape index (κ3) is 6.26. The molecule has 0 spiro atoms. The highest BCUT2D eigenvalue weighted by Crippen LogP contribution is 2.33. The van der Waals surface area contributed by atoms with E-state index in [2.05, 4.69) is 6.92 Å². The molecule has 94 valence electrons. The lowest BCUT2D eigenvalue weighted by molar-refractivity contribution is -0.119. The molecule has 0 aromatic rings. The average Bonchev–Trinajstić information content (AvgIpc) is 3.07. The van der Waals surface area contributed by atoms with Crippen molar-refractivity contribution in [3.8, 4) is 0 Å². The van der Waals surface area contributed by atoms with Gasteiger partial charge in [-0.3, -0.25) is 4.79 Å². The summed E-state index contributed by atoms with van der Waals surface area (Å²) in [6.07, 6.45) is 10.1. The second-order valence-corrected chi connectivity index (χ2v) is 5.29. The van der Waals surface area contributed by atoms with Crippen LogP contribution in [0.2, 0.25) is 0 Å². The smallest absolute Gasteiger partial charge is 0.132 e. The molecular formula is C14H27NO. The van der Waals surface area contributed by atoms with E-state index in [0.29, 0.717) is 11.7 Å². The maximum absolute atomic E-state index is 11.7. The molecule has 1 atom stereocenters. The van der Waals surface area contributed by atoms with E-state index in [1.807, 2.05) is 0 Å². The number of ketones is 1. The van der Waals surface area contributed by atoms with Crippen LogP contribution in [0.25, 0.3) is 0 Å². The van der Waals surface area contributed by atoms with Gasteiger partial charge in [0.2, 0.25) is 0 Å². The third-order valence-electron chi connectivity index (χ3n) is 3.63. The van der Waals surface area contributed by atoms with Crippen LogP contribution < -0.4 is 5.73 Å². The third-order valence-corrected chi connectivity index (χ3v) is 3.63. The van der Waals surface area contributed by atoms with E-state index < -0.39 is 0 Å². The van der Waals surface area contributed by atoms with Crippen molar-refractivity contribution >= 4 is 5.78 Å². The first-order chi connectivity index (χ1) is 7.76. The van der Waals surface area contributed by atoms with Crippen LogP contribution in [-0.4, -0.2) is 12.3 Å². The number of Topliss-reactive ketones (excluding diaryl/α,β-unsaturated/α-hetero) is 1.